The van der Waals surface area contributed by atoms with Gasteiger partial charge in [-0.1, -0.05) is 17.7 Å². The van der Waals surface area contributed by atoms with Crippen molar-refractivity contribution in [1.82, 2.24) is 9.13 Å². The summed E-state index contributed by atoms with van der Waals surface area (Å²) < 4.78 is 2.80. The summed E-state index contributed by atoms with van der Waals surface area (Å²) in [6.45, 7) is 1.33. The molecule has 112 valence electrons. The Morgan fingerprint density at radius 3 is 2.73 bits per heavy atom. The fourth-order valence-corrected chi connectivity index (χ4v) is 3.31. The Kier molecular flexibility index (Phi) is 3.72. The fourth-order valence-electron chi connectivity index (χ4n) is 2.31. The Hall–Kier alpha value is -2.18. The molecule has 0 unspecified atom stereocenters. The Bertz CT molecular complexity index is 1000. The van der Waals surface area contributed by atoms with E-state index < -0.39 is 11.2 Å². The van der Waals surface area contributed by atoms with E-state index in [0.717, 1.165) is 4.57 Å². The second-order valence-corrected chi connectivity index (χ2v) is 6.18. The molecule has 0 N–H and O–H groups in total. The number of hydrogen-bond acceptors (Lipinski definition) is 4. The lowest BCUT2D eigenvalue weighted by atomic mass is 10.3. The lowest BCUT2D eigenvalue weighted by Gasteiger charge is -2.11. The highest BCUT2D eigenvalue weighted by atomic mass is 35.5. The van der Waals surface area contributed by atoms with Crippen molar-refractivity contribution in [3.8, 4) is 5.69 Å². The van der Waals surface area contributed by atoms with E-state index in [1.807, 2.05) is 0 Å². The molecule has 0 spiro atoms. The molecule has 22 heavy (non-hydrogen) atoms. The zero-order valence-corrected chi connectivity index (χ0v) is 13.1. The monoisotopic (exact) mass is 334 g/mol. The summed E-state index contributed by atoms with van der Waals surface area (Å²) in [5.41, 5.74) is -0.0889. The van der Waals surface area contributed by atoms with Gasteiger partial charge in [0.15, 0.2) is 0 Å². The van der Waals surface area contributed by atoms with Crippen LogP contribution in [0.3, 0.4) is 0 Å². The molecule has 0 saturated carbocycles. The molecule has 3 rings (SSSR count). The molecular formula is C15H11ClN2O3S. The van der Waals surface area contributed by atoms with Crippen LogP contribution < -0.4 is 11.2 Å². The van der Waals surface area contributed by atoms with E-state index in [-0.39, 0.29) is 12.3 Å². The molecule has 0 fully saturated rings. The van der Waals surface area contributed by atoms with Crippen LogP contribution in [0.5, 0.6) is 0 Å². The number of fused-ring (bicyclic) bond motifs is 1. The predicted molar refractivity (Wildman–Crippen MR) is 87.4 cm³/mol. The van der Waals surface area contributed by atoms with Gasteiger partial charge in [0.1, 0.15) is 10.5 Å². The van der Waals surface area contributed by atoms with Gasteiger partial charge in [0.05, 0.1) is 17.7 Å². The molecule has 0 amide bonds. The third kappa shape index (κ3) is 2.40. The third-order valence-corrected chi connectivity index (χ3v) is 4.33. The van der Waals surface area contributed by atoms with Crippen molar-refractivity contribution in [2.75, 3.05) is 0 Å². The van der Waals surface area contributed by atoms with Crippen molar-refractivity contribution in [2.24, 2.45) is 0 Å². The van der Waals surface area contributed by atoms with Gasteiger partial charge in [-0.15, -0.1) is 11.3 Å². The first-order valence-electron chi connectivity index (χ1n) is 6.47. The minimum atomic E-state index is -0.548. The normalized spacial score (nSPS) is 11.0. The third-order valence-electron chi connectivity index (χ3n) is 3.20. The van der Waals surface area contributed by atoms with Gasteiger partial charge in [-0.05, 0) is 36.6 Å². The fraction of sp³-hybridized carbons (Fsp3) is 0.133. The van der Waals surface area contributed by atoms with Crippen molar-refractivity contribution < 1.29 is 4.79 Å². The molecule has 2 heterocycles. The van der Waals surface area contributed by atoms with E-state index in [0.29, 0.717) is 20.9 Å². The first-order valence-corrected chi connectivity index (χ1v) is 7.73. The molecule has 0 aliphatic rings. The maximum atomic E-state index is 12.7. The van der Waals surface area contributed by atoms with Gasteiger partial charge in [0.25, 0.3) is 5.56 Å². The second-order valence-electron chi connectivity index (χ2n) is 4.83. The number of hydrogen-bond donors (Lipinski definition) is 0. The smallest absolute Gasteiger partial charge is 0.298 e. The van der Waals surface area contributed by atoms with Crippen LogP contribution in [0.4, 0.5) is 0 Å². The summed E-state index contributed by atoms with van der Waals surface area (Å²) in [7, 11) is 0. The minimum absolute atomic E-state index is 0.0765. The summed E-state index contributed by atoms with van der Waals surface area (Å²) in [5.74, 6) is -0.161. The van der Waals surface area contributed by atoms with Crippen LogP contribution in [0.25, 0.3) is 15.9 Å². The molecule has 0 radical (unpaired) electrons. The van der Waals surface area contributed by atoms with E-state index in [4.69, 9.17) is 11.6 Å². The molecular weight excluding hydrogens is 324 g/mol. The van der Waals surface area contributed by atoms with Gasteiger partial charge in [-0.25, -0.2) is 9.36 Å². The Balaban J connectivity index is 2.42. The average Bonchev–Trinajstić information content (AvgIpc) is 2.93. The maximum absolute atomic E-state index is 12.7. The molecule has 1 aromatic carbocycles. The number of rotatable bonds is 3. The molecule has 0 saturated heterocycles. The van der Waals surface area contributed by atoms with Gasteiger partial charge in [0, 0.05) is 5.02 Å². The lowest BCUT2D eigenvalue weighted by Crippen LogP contribution is -2.39. The first kappa shape index (κ1) is 14.7. The van der Waals surface area contributed by atoms with E-state index >= 15 is 0 Å². The molecule has 5 nitrogen and oxygen atoms in total. The highest BCUT2D eigenvalue weighted by molar-refractivity contribution is 7.17. The number of halogens is 1. The number of aromatic nitrogens is 2. The molecule has 7 heteroatoms. The minimum Gasteiger partial charge on any atom is -0.298 e. The predicted octanol–water partition coefficient (Wildman–Crippen LogP) is 2.46. The van der Waals surface area contributed by atoms with Crippen molar-refractivity contribution in [2.45, 2.75) is 13.5 Å². The largest absolute Gasteiger partial charge is 0.336 e. The number of carbonyl (C=O) groups is 1. The Morgan fingerprint density at radius 2 is 2.05 bits per heavy atom. The summed E-state index contributed by atoms with van der Waals surface area (Å²) in [6, 6.07) is 8.17. The van der Waals surface area contributed by atoms with Gasteiger partial charge in [-0.3, -0.25) is 14.2 Å². The number of ketones is 1. The summed E-state index contributed by atoms with van der Waals surface area (Å²) in [6.07, 6.45) is 0. The van der Waals surface area contributed by atoms with Gasteiger partial charge < -0.3 is 0 Å². The Morgan fingerprint density at radius 1 is 1.27 bits per heavy atom. The number of Topliss-reactive ketones (excluding diaryl/α,β-unsaturated/α-hetero) is 1. The highest BCUT2D eigenvalue weighted by Gasteiger charge is 2.16. The summed E-state index contributed by atoms with van der Waals surface area (Å²) >= 11 is 7.18. The van der Waals surface area contributed by atoms with Crippen LogP contribution in [0.15, 0.2) is 45.3 Å². The molecule has 2 aromatic heterocycles. The Labute approximate surface area is 134 Å². The van der Waals surface area contributed by atoms with E-state index in [9.17, 15) is 14.4 Å². The summed E-state index contributed by atoms with van der Waals surface area (Å²) in [4.78, 5) is 36.7. The van der Waals surface area contributed by atoms with Crippen LogP contribution in [-0.2, 0) is 11.3 Å². The zero-order valence-electron chi connectivity index (χ0n) is 11.6. The van der Waals surface area contributed by atoms with Crippen LogP contribution in [-0.4, -0.2) is 14.9 Å². The number of thiophene rings is 1. The van der Waals surface area contributed by atoms with E-state index in [2.05, 4.69) is 0 Å². The van der Waals surface area contributed by atoms with Crippen LogP contribution >= 0.6 is 22.9 Å². The summed E-state index contributed by atoms with van der Waals surface area (Å²) in [5, 5.41) is 2.15. The molecule has 0 atom stereocenters. The zero-order chi connectivity index (χ0) is 15.9. The van der Waals surface area contributed by atoms with Crippen molar-refractivity contribution in [3.05, 3.63) is 61.6 Å². The average molecular weight is 335 g/mol. The van der Waals surface area contributed by atoms with Gasteiger partial charge >= 0.3 is 5.69 Å². The molecule has 0 aliphatic heterocycles. The van der Waals surface area contributed by atoms with Crippen LogP contribution in [0.1, 0.15) is 6.92 Å². The van der Waals surface area contributed by atoms with Crippen molar-refractivity contribution >= 4 is 38.9 Å². The second kappa shape index (κ2) is 5.55. The molecule has 0 bridgehead atoms. The highest BCUT2D eigenvalue weighted by Crippen LogP contribution is 2.17. The van der Waals surface area contributed by atoms with Crippen LogP contribution in [0.2, 0.25) is 5.02 Å². The standard InChI is InChI=1S/C15H11ClN2O3S/c1-9(19)8-17-12-5-6-22-13(12)14(20)18(15(17)21)11-4-2-3-10(16)7-11/h2-7H,8H2,1H3. The SMILES string of the molecule is CC(=O)Cn1c(=O)n(-c2cccc(Cl)c2)c(=O)c2sccc21. The number of nitrogens with zero attached hydrogens (tertiary/aromatic N) is 2. The quantitative estimate of drug-likeness (QED) is 0.739. The number of carbonyl (C=O) groups excluding carboxylic acids is 1. The lowest BCUT2D eigenvalue weighted by molar-refractivity contribution is -0.117. The van der Waals surface area contributed by atoms with E-state index in [1.165, 1.54) is 22.8 Å². The molecule has 3 aromatic rings. The van der Waals surface area contributed by atoms with Crippen LogP contribution in [0, 0.1) is 0 Å². The maximum Gasteiger partial charge on any atom is 0.336 e. The first-order chi connectivity index (χ1) is 10.5. The van der Waals surface area contributed by atoms with Crippen molar-refractivity contribution in [1.29, 1.82) is 0 Å². The van der Waals surface area contributed by atoms with Crippen molar-refractivity contribution in [3.63, 3.8) is 0 Å². The van der Waals surface area contributed by atoms with Gasteiger partial charge in [0.2, 0.25) is 0 Å². The topological polar surface area (TPSA) is 61.1 Å². The van der Waals surface area contributed by atoms with Gasteiger partial charge in [-0.2, -0.15) is 0 Å². The number of benzene rings is 1. The molecule has 0 aliphatic carbocycles. The van der Waals surface area contributed by atoms with E-state index in [1.54, 1.807) is 35.7 Å².